The van der Waals surface area contributed by atoms with Crippen LogP contribution in [0, 0.1) is 9.85 Å². The molecule has 0 bridgehead atoms. The fraction of sp³-hybridized carbons (Fsp3) is 0.913. The fourth-order valence-electron chi connectivity index (χ4n) is 4.31. The van der Waals surface area contributed by atoms with Crippen LogP contribution in [0.5, 0.6) is 0 Å². The van der Waals surface area contributed by atoms with Crippen LogP contribution in [0.25, 0.3) is 0 Å². The number of rotatable bonds is 16. The molecule has 1 aliphatic heterocycles. The minimum absolute atomic E-state index is 0. The summed E-state index contributed by atoms with van der Waals surface area (Å²) in [6.07, 6.45) is 23.2. The summed E-state index contributed by atoms with van der Waals surface area (Å²) in [6, 6.07) is 0. The Balaban J connectivity index is 0.00000625. The van der Waals surface area contributed by atoms with Gasteiger partial charge in [0.1, 0.15) is 6.54 Å². The molecule has 26 heavy (non-hydrogen) atoms. The van der Waals surface area contributed by atoms with E-state index in [0.29, 0.717) is 0 Å². The maximum atomic E-state index is 3.34. The molecule has 1 heterocycles. The third-order valence-corrected chi connectivity index (χ3v) is 6.36. The van der Waals surface area contributed by atoms with Gasteiger partial charge in [-0.1, -0.05) is 84.0 Å². The van der Waals surface area contributed by atoms with Gasteiger partial charge in [0.25, 0.3) is 0 Å². The molecular weight excluding hydrogens is 497 g/mol. The molecular formula is C23H43BrIN. The van der Waals surface area contributed by atoms with Crippen LogP contribution in [0.2, 0.25) is 0 Å². The molecule has 154 valence electrons. The number of hydrogen-bond donors (Lipinski definition) is 0. The third kappa shape index (κ3) is 13.8. The van der Waals surface area contributed by atoms with Crippen molar-refractivity contribution in [3.63, 3.8) is 0 Å². The molecule has 1 saturated heterocycles. The van der Waals surface area contributed by atoms with E-state index < -0.39 is 0 Å². The summed E-state index contributed by atoms with van der Waals surface area (Å²) in [5.41, 5.74) is 0. The number of nitrogens with zero attached hydrogens (tertiary/aromatic N) is 1. The zero-order chi connectivity index (χ0) is 18.1. The second-order valence-corrected chi connectivity index (χ2v) is 8.78. The molecule has 0 radical (unpaired) electrons. The van der Waals surface area contributed by atoms with E-state index in [-0.39, 0.29) is 17.0 Å². The number of unbranched alkanes of at least 4 members (excludes halogenated alkanes) is 13. The van der Waals surface area contributed by atoms with Crippen LogP contribution in [-0.4, -0.2) is 30.7 Å². The first-order chi connectivity index (χ1) is 12.3. The van der Waals surface area contributed by atoms with E-state index in [4.69, 9.17) is 0 Å². The monoisotopic (exact) mass is 539 g/mol. The highest BCUT2D eigenvalue weighted by Gasteiger charge is 2.30. The predicted octanol–water partition coefficient (Wildman–Crippen LogP) is 4.48. The van der Waals surface area contributed by atoms with Crippen molar-refractivity contribution in [1.29, 1.82) is 0 Å². The lowest BCUT2D eigenvalue weighted by Crippen LogP contribution is -3.00. The average Bonchev–Trinajstić information content (AvgIpc) is 3.09. The minimum Gasteiger partial charge on any atom is -1.00 e. The molecule has 0 amide bonds. The zero-order valence-electron chi connectivity index (χ0n) is 17.3. The van der Waals surface area contributed by atoms with Crippen molar-refractivity contribution in [1.82, 2.24) is 0 Å². The molecule has 0 aromatic rings. The highest BCUT2D eigenvalue weighted by atomic mass is 127. The summed E-state index contributed by atoms with van der Waals surface area (Å²) in [5.74, 6) is 3.34. The number of quaternary nitrogens is 1. The Kier molecular flexibility index (Phi) is 19.6. The Bertz CT molecular complexity index is 355. The van der Waals surface area contributed by atoms with Crippen molar-refractivity contribution < 1.29 is 21.5 Å². The van der Waals surface area contributed by atoms with Crippen molar-refractivity contribution in [2.24, 2.45) is 0 Å². The van der Waals surface area contributed by atoms with Gasteiger partial charge in [-0.3, -0.25) is 0 Å². The molecule has 1 rings (SSSR count). The lowest BCUT2D eigenvalue weighted by Gasteiger charge is -2.32. The highest BCUT2D eigenvalue weighted by molar-refractivity contribution is 14.1. The zero-order valence-corrected chi connectivity index (χ0v) is 21.1. The van der Waals surface area contributed by atoms with E-state index in [1.165, 1.54) is 127 Å². The van der Waals surface area contributed by atoms with Gasteiger partial charge < -0.3 is 21.5 Å². The Morgan fingerprint density at radius 2 is 1.12 bits per heavy atom. The van der Waals surface area contributed by atoms with Crippen LogP contribution >= 0.6 is 22.6 Å². The Labute approximate surface area is 189 Å². The van der Waals surface area contributed by atoms with Crippen LogP contribution in [0.15, 0.2) is 0 Å². The van der Waals surface area contributed by atoms with Crippen molar-refractivity contribution >= 4 is 22.6 Å². The van der Waals surface area contributed by atoms with Gasteiger partial charge in [0.05, 0.1) is 19.6 Å². The van der Waals surface area contributed by atoms with Crippen LogP contribution in [-0.2, 0) is 0 Å². The molecule has 1 nitrogen and oxygen atoms in total. The maximum absolute atomic E-state index is 3.34. The summed E-state index contributed by atoms with van der Waals surface area (Å²) < 4.78 is 4.38. The lowest BCUT2D eigenvalue weighted by molar-refractivity contribution is -0.910. The Hall–Kier alpha value is 0.730. The molecule has 0 unspecified atom stereocenters. The molecule has 1 aliphatic rings. The summed E-state index contributed by atoms with van der Waals surface area (Å²) in [4.78, 5) is 0. The van der Waals surface area contributed by atoms with Gasteiger partial charge in [0.2, 0.25) is 0 Å². The summed E-state index contributed by atoms with van der Waals surface area (Å²) in [7, 11) is 0. The van der Waals surface area contributed by atoms with Crippen LogP contribution in [0.1, 0.15) is 110 Å². The lowest BCUT2D eigenvalue weighted by atomic mass is 10.0. The second-order valence-electron chi connectivity index (χ2n) is 8.25. The molecule has 3 heteroatoms. The van der Waals surface area contributed by atoms with Gasteiger partial charge in [-0.25, -0.2) is 0 Å². The van der Waals surface area contributed by atoms with Gasteiger partial charge in [0, 0.05) is 35.4 Å². The van der Waals surface area contributed by atoms with Crippen LogP contribution < -0.4 is 17.0 Å². The van der Waals surface area contributed by atoms with Gasteiger partial charge >= 0.3 is 0 Å². The molecule has 0 aliphatic carbocycles. The van der Waals surface area contributed by atoms with Crippen molar-refractivity contribution in [3.05, 3.63) is 0 Å². The van der Waals surface area contributed by atoms with Crippen LogP contribution in [0.4, 0.5) is 0 Å². The van der Waals surface area contributed by atoms with E-state index in [1.54, 1.807) is 0 Å². The summed E-state index contributed by atoms with van der Waals surface area (Å²) in [5, 5.41) is 0. The van der Waals surface area contributed by atoms with E-state index in [1.807, 2.05) is 0 Å². The largest absolute Gasteiger partial charge is 1.00 e. The molecule has 0 atom stereocenters. The molecule has 0 aromatic heterocycles. The van der Waals surface area contributed by atoms with E-state index in [0.717, 1.165) is 6.54 Å². The van der Waals surface area contributed by atoms with E-state index in [9.17, 15) is 0 Å². The first-order valence-corrected chi connectivity index (χ1v) is 12.3. The molecule has 1 fully saturated rings. The molecule has 0 saturated carbocycles. The first kappa shape index (κ1) is 26.7. The fourth-order valence-corrected chi connectivity index (χ4v) is 4.48. The maximum Gasteiger partial charge on any atom is 0.141 e. The van der Waals surface area contributed by atoms with Crippen molar-refractivity contribution in [3.8, 4) is 9.85 Å². The highest BCUT2D eigenvalue weighted by Crippen LogP contribution is 2.21. The number of hydrogen-bond acceptors (Lipinski definition) is 0. The standard InChI is InChI=1S/C23H43IN.BrH/c1-2-3-4-5-6-7-8-9-10-11-12-13-14-15-20-25(23-18-19-24)21-16-17-22-25;/h2-17,20-23H2,1H3;1H/q+1;/p-1. The van der Waals surface area contributed by atoms with Gasteiger partial charge in [-0.05, 0) is 22.7 Å². The van der Waals surface area contributed by atoms with Gasteiger partial charge in [-0.15, -0.1) is 0 Å². The Morgan fingerprint density at radius 3 is 1.54 bits per heavy atom. The van der Waals surface area contributed by atoms with Crippen LogP contribution in [0.3, 0.4) is 0 Å². The third-order valence-electron chi connectivity index (χ3n) is 5.98. The average molecular weight is 540 g/mol. The van der Waals surface area contributed by atoms with Gasteiger partial charge in [-0.2, -0.15) is 0 Å². The minimum atomic E-state index is 0. The molecule has 0 aromatic carbocycles. The van der Waals surface area contributed by atoms with E-state index >= 15 is 0 Å². The normalized spacial score (nSPS) is 15.3. The smallest absolute Gasteiger partial charge is 0.141 e. The Morgan fingerprint density at radius 1 is 0.692 bits per heavy atom. The number of likely N-dealkylation sites (tertiary alicyclic amines) is 1. The first-order valence-electron chi connectivity index (χ1n) is 11.3. The SMILES string of the molecule is CCCCCCCCCCCCCCCC[N+]1(CC#CI)CCCC1.[Br-]. The summed E-state index contributed by atoms with van der Waals surface area (Å²) >= 11 is 2.19. The number of halogens is 2. The molecule has 0 spiro atoms. The van der Waals surface area contributed by atoms with Gasteiger partial charge in [0.15, 0.2) is 0 Å². The predicted molar refractivity (Wildman–Crippen MR) is 121 cm³/mol. The summed E-state index contributed by atoms with van der Waals surface area (Å²) in [6.45, 7) is 7.53. The topological polar surface area (TPSA) is 0 Å². The molecule has 0 N–H and O–H groups in total. The van der Waals surface area contributed by atoms with Crippen molar-refractivity contribution in [2.45, 2.75) is 110 Å². The quantitative estimate of drug-likeness (QED) is 0.117. The van der Waals surface area contributed by atoms with E-state index in [2.05, 4.69) is 39.4 Å². The second kappa shape index (κ2) is 19.1. The van der Waals surface area contributed by atoms with Crippen molar-refractivity contribution in [2.75, 3.05) is 26.2 Å².